The van der Waals surface area contributed by atoms with E-state index in [4.69, 9.17) is 4.74 Å². The minimum atomic E-state index is -0.546. The molecule has 2 amide bonds. The van der Waals surface area contributed by atoms with Crippen LogP contribution in [0.5, 0.6) is 0 Å². The number of rotatable bonds is 38. The summed E-state index contributed by atoms with van der Waals surface area (Å²) >= 11 is 0. The van der Waals surface area contributed by atoms with Gasteiger partial charge in [0.2, 0.25) is 11.8 Å². The van der Waals surface area contributed by atoms with E-state index in [0.29, 0.717) is 12.8 Å². The molecule has 0 heterocycles. The van der Waals surface area contributed by atoms with Gasteiger partial charge in [-0.1, -0.05) is 195 Å². The summed E-state index contributed by atoms with van der Waals surface area (Å²) in [6.45, 7) is 9.19. The standard InChI is InChI=1S/C43H84N2O4/c1-5-9-11-13-15-17-19-21-23-25-27-29-31-35-41(46)44-37-40(49-43(48)39(33-7-3)34-8-4)38-45-42(47)36-32-30-28-26-24-22-20-18-16-14-12-10-6-2/h39-40H,5-38H2,1-4H3,(H,44,46)(H,45,47). The molecule has 0 unspecified atom stereocenters. The summed E-state index contributed by atoms with van der Waals surface area (Å²) < 4.78 is 5.89. The summed E-state index contributed by atoms with van der Waals surface area (Å²) in [7, 11) is 0. The molecule has 0 aliphatic carbocycles. The van der Waals surface area contributed by atoms with Gasteiger partial charge in [0.1, 0.15) is 6.10 Å². The summed E-state index contributed by atoms with van der Waals surface area (Å²) in [4.78, 5) is 38.2. The van der Waals surface area contributed by atoms with Crippen molar-refractivity contribution >= 4 is 17.8 Å². The summed E-state index contributed by atoms with van der Waals surface area (Å²) in [5, 5.41) is 5.97. The van der Waals surface area contributed by atoms with Gasteiger partial charge >= 0.3 is 5.97 Å². The minimum absolute atomic E-state index is 0.00101. The first-order chi connectivity index (χ1) is 24.0. The van der Waals surface area contributed by atoms with Crippen LogP contribution < -0.4 is 10.6 Å². The fourth-order valence-electron chi connectivity index (χ4n) is 6.73. The Kier molecular flexibility index (Phi) is 36.4. The smallest absolute Gasteiger partial charge is 0.309 e. The van der Waals surface area contributed by atoms with Crippen molar-refractivity contribution in [3.63, 3.8) is 0 Å². The van der Waals surface area contributed by atoms with Crippen LogP contribution in [0, 0.1) is 5.92 Å². The van der Waals surface area contributed by atoms with Crippen molar-refractivity contribution in [2.75, 3.05) is 13.1 Å². The van der Waals surface area contributed by atoms with Crippen molar-refractivity contribution in [3.8, 4) is 0 Å². The number of hydrogen-bond donors (Lipinski definition) is 2. The minimum Gasteiger partial charge on any atom is -0.458 e. The Labute approximate surface area is 305 Å². The van der Waals surface area contributed by atoms with E-state index < -0.39 is 6.10 Å². The monoisotopic (exact) mass is 693 g/mol. The first-order valence-electron chi connectivity index (χ1n) is 21.7. The first-order valence-corrected chi connectivity index (χ1v) is 21.7. The Bertz CT molecular complexity index is 691. The molecule has 49 heavy (non-hydrogen) atoms. The predicted octanol–water partition coefficient (Wildman–Crippen LogP) is 12.3. The number of amides is 2. The summed E-state index contributed by atoms with van der Waals surface area (Å²) in [5.41, 5.74) is 0. The number of unbranched alkanes of at least 4 members (excludes halogenated alkanes) is 24. The molecule has 0 aromatic heterocycles. The summed E-state index contributed by atoms with van der Waals surface area (Å²) in [6, 6.07) is 0. The zero-order valence-corrected chi connectivity index (χ0v) is 33.3. The van der Waals surface area contributed by atoms with Gasteiger partial charge in [-0.05, 0) is 25.7 Å². The molecule has 0 saturated heterocycles. The summed E-state index contributed by atoms with van der Waals surface area (Å²) in [6.07, 6.45) is 37.2. The van der Waals surface area contributed by atoms with Gasteiger partial charge in [-0.15, -0.1) is 0 Å². The highest BCUT2D eigenvalue weighted by Crippen LogP contribution is 2.17. The van der Waals surface area contributed by atoms with Crippen molar-refractivity contribution in [1.82, 2.24) is 10.6 Å². The maximum Gasteiger partial charge on any atom is 0.309 e. The highest BCUT2D eigenvalue weighted by molar-refractivity contribution is 5.77. The Morgan fingerprint density at radius 3 is 0.980 bits per heavy atom. The maximum atomic E-state index is 13.0. The molecule has 0 atom stereocenters. The highest BCUT2D eigenvalue weighted by atomic mass is 16.5. The van der Waals surface area contributed by atoms with Crippen LogP contribution in [0.15, 0.2) is 0 Å². The number of hydrogen-bond acceptors (Lipinski definition) is 4. The van der Waals surface area contributed by atoms with Gasteiger partial charge in [0.15, 0.2) is 0 Å². The number of carbonyl (C=O) groups is 3. The average Bonchev–Trinajstić information content (AvgIpc) is 3.09. The molecule has 2 N–H and O–H groups in total. The van der Waals surface area contributed by atoms with Gasteiger partial charge in [0, 0.05) is 12.8 Å². The van der Waals surface area contributed by atoms with Crippen LogP contribution in [0.3, 0.4) is 0 Å². The van der Waals surface area contributed by atoms with Gasteiger partial charge in [-0.2, -0.15) is 0 Å². The molecule has 0 aliphatic heterocycles. The number of ether oxygens (including phenoxy) is 1. The van der Waals surface area contributed by atoms with Crippen LogP contribution in [0.25, 0.3) is 0 Å². The van der Waals surface area contributed by atoms with Crippen LogP contribution in [-0.4, -0.2) is 37.0 Å². The van der Waals surface area contributed by atoms with Crippen molar-refractivity contribution < 1.29 is 19.1 Å². The second-order valence-corrected chi connectivity index (χ2v) is 14.9. The molecular weight excluding hydrogens is 608 g/mol. The molecule has 0 saturated carbocycles. The molecule has 0 spiro atoms. The lowest BCUT2D eigenvalue weighted by Crippen LogP contribution is -2.43. The van der Waals surface area contributed by atoms with Crippen molar-refractivity contribution in [2.45, 2.75) is 239 Å². The number of carbonyl (C=O) groups excluding carboxylic acids is 3. The molecule has 0 rings (SSSR count). The fourth-order valence-corrected chi connectivity index (χ4v) is 6.73. The molecule has 6 nitrogen and oxygen atoms in total. The van der Waals surface area contributed by atoms with E-state index in [-0.39, 0.29) is 36.8 Å². The summed E-state index contributed by atoms with van der Waals surface area (Å²) in [5.74, 6) is -0.326. The highest BCUT2D eigenvalue weighted by Gasteiger charge is 2.23. The van der Waals surface area contributed by atoms with Gasteiger partial charge in [0.05, 0.1) is 19.0 Å². The van der Waals surface area contributed by atoms with Gasteiger partial charge < -0.3 is 15.4 Å². The van der Waals surface area contributed by atoms with Crippen LogP contribution in [0.4, 0.5) is 0 Å². The van der Waals surface area contributed by atoms with Crippen LogP contribution in [0.1, 0.15) is 233 Å². The lowest BCUT2D eigenvalue weighted by molar-refractivity contribution is -0.155. The van der Waals surface area contributed by atoms with Crippen molar-refractivity contribution in [3.05, 3.63) is 0 Å². The third-order valence-electron chi connectivity index (χ3n) is 9.96. The molecule has 290 valence electrons. The molecule has 0 aliphatic rings. The Morgan fingerprint density at radius 1 is 0.408 bits per heavy atom. The largest absolute Gasteiger partial charge is 0.458 e. The van der Waals surface area contributed by atoms with E-state index in [9.17, 15) is 14.4 Å². The fraction of sp³-hybridized carbons (Fsp3) is 0.930. The normalized spacial score (nSPS) is 11.4. The van der Waals surface area contributed by atoms with E-state index >= 15 is 0 Å². The number of nitrogens with one attached hydrogen (secondary N) is 2. The number of esters is 1. The SMILES string of the molecule is CCCCCCCCCCCCCCCC(=O)NCC(CNC(=O)CCCCCCCCCCCCCCC)OC(=O)C(CCC)CCC. The Balaban J connectivity index is 4.28. The topological polar surface area (TPSA) is 84.5 Å². The van der Waals surface area contributed by atoms with Crippen molar-refractivity contribution in [2.24, 2.45) is 5.92 Å². The maximum absolute atomic E-state index is 13.0. The first kappa shape index (κ1) is 47.4. The lowest BCUT2D eigenvalue weighted by atomic mass is 9.98. The van der Waals surface area contributed by atoms with E-state index in [1.54, 1.807) is 0 Å². The molecule has 0 aromatic carbocycles. The van der Waals surface area contributed by atoms with Gasteiger partial charge in [0.25, 0.3) is 0 Å². The quantitative estimate of drug-likeness (QED) is 0.0498. The zero-order chi connectivity index (χ0) is 36.0. The van der Waals surface area contributed by atoms with E-state index in [2.05, 4.69) is 38.3 Å². The lowest BCUT2D eigenvalue weighted by Gasteiger charge is -2.22. The zero-order valence-electron chi connectivity index (χ0n) is 33.3. The van der Waals surface area contributed by atoms with Crippen molar-refractivity contribution in [1.29, 1.82) is 0 Å². The van der Waals surface area contributed by atoms with Crippen LogP contribution in [0.2, 0.25) is 0 Å². The molecule has 0 fully saturated rings. The second kappa shape index (κ2) is 37.7. The Morgan fingerprint density at radius 2 is 0.694 bits per heavy atom. The second-order valence-electron chi connectivity index (χ2n) is 14.9. The predicted molar refractivity (Wildman–Crippen MR) is 210 cm³/mol. The molecule has 0 bridgehead atoms. The van der Waals surface area contributed by atoms with E-state index in [1.165, 1.54) is 141 Å². The molecular formula is C43H84N2O4. The average molecular weight is 693 g/mol. The van der Waals surface area contributed by atoms with Crippen LogP contribution in [-0.2, 0) is 19.1 Å². The third-order valence-corrected chi connectivity index (χ3v) is 9.96. The van der Waals surface area contributed by atoms with Gasteiger partial charge in [-0.3, -0.25) is 14.4 Å². The van der Waals surface area contributed by atoms with E-state index in [1.807, 2.05) is 0 Å². The van der Waals surface area contributed by atoms with E-state index in [0.717, 1.165) is 51.4 Å². The van der Waals surface area contributed by atoms with Crippen LogP contribution >= 0.6 is 0 Å². The molecule has 6 heteroatoms. The molecule has 0 aromatic rings. The third kappa shape index (κ3) is 33.3. The van der Waals surface area contributed by atoms with Gasteiger partial charge in [-0.25, -0.2) is 0 Å². The molecule has 0 radical (unpaired) electrons. The Hall–Kier alpha value is -1.59.